The summed E-state index contributed by atoms with van der Waals surface area (Å²) in [4.78, 5) is 16.1. The fourth-order valence-corrected chi connectivity index (χ4v) is 1.20. The number of carbonyl (C=O) groups is 1. The molecule has 1 aliphatic heterocycles. The zero-order chi connectivity index (χ0) is 8.27. The van der Waals surface area contributed by atoms with Crippen LogP contribution in [0, 0.1) is 0 Å². The Morgan fingerprint density at radius 2 is 2.33 bits per heavy atom. The summed E-state index contributed by atoms with van der Waals surface area (Å²) in [5.41, 5.74) is 0. The number of hydroxylamine groups is 2. The van der Waals surface area contributed by atoms with Crippen LogP contribution in [0.2, 0.25) is 0 Å². The first-order valence-electron chi connectivity index (χ1n) is 3.80. The third-order valence-electron chi connectivity index (χ3n) is 1.94. The molecule has 1 aliphatic rings. The highest BCUT2D eigenvalue weighted by atomic mass is 35.5. The van der Waals surface area contributed by atoms with Crippen molar-refractivity contribution in [2.45, 2.75) is 18.9 Å². The molecule has 0 bridgehead atoms. The lowest BCUT2D eigenvalue weighted by molar-refractivity contribution is -0.170. The van der Waals surface area contributed by atoms with Gasteiger partial charge < -0.3 is 5.32 Å². The molecule has 1 rings (SSSR count). The van der Waals surface area contributed by atoms with E-state index in [1.165, 1.54) is 12.2 Å². The highest BCUT2D eigenvalue weighted by Crippen LogP contribution is 2.07. The molecule has 12 heavy (non-hydrogen) atoms. The van der Waals surface area contributed by atoms with Gasteiger partial charge in [0.15, 0.2) is 0 Å². The minimum Gasteiger partial charge on any atom is -0.306 e. The maximum absolute atomic E-state index is 11.3. The number of hydrogen-bond donors (Lipinski definition) is 1. The van der Waals surface area contributed by atoms with Crippen molar-refractivity contribution in [3.05, 3.63) is 0 Å². The largest absolute Gasteiger partial charge is 0.306 e. The topological polar surface area (TPSA) is 41.6 Å². The predicted octanol–water partition coefficient (Wildman–Crippen LogP) is 0.180. The Morgan fingerprint density at radius 1 is 1.67 bits per heavy atom. The molecule has 0 aliphatic carbocycles. The Hall–Kier alpha value is -0.320. The Bertz CT molecular complexity index is 148. The highest BCUT2D eigenvalue weighted by molar-refractivity contribution is 5.85. The molecule has 0 aromatic heterocycles. The SMILES string of the molecule is CON(C)C(=O)C1CCCN1.Cl. The lowest BCUT2D eigenvalue weighted by Gasteiger charge is -2.17. The molecule has 1 N–H and O–H groups in total. The van der Waals surface area contributed by atoms with E-state index in [4.69, 9.17) is 4.84 Å². The predicted molar refractivity (Wildman–Crippen MR) is 48.1 cm³/mol. The molecule has 0 radical (unpaired) electrons. The van der Waals surface area contributed by atoms with E-state index < -0.39 is 0 Å². The van der Waals surface area contributed by atoms with Crippen molar-refractivity contribution < 1.29 is 9.63 Å². The minimum absolute atomic E-state index is 0. The standard InChI is InChI=1S/C7H14N2O2.ClH/c1-9(11-2)7(10)6-4-3-5-8-6;/h6,8H,3-5H2,1-2H3;1H. The van der Waals surface area contributed by atoms with E-state index in [0.717, 1.165) is 19.4 Å². The van der Waals surface area contributed by atoms with Crippen molar-refractivity contribution >= 4 is 18.3 Å². The second kappa shape index (κ2) is 5.35. The van der Waals surface area contributed by atoms with Crippen molar-refractivity contribution in [1.82, 2.24) is 10.4 Å². The molecule has 0 spiro atoms. The van der Waals surface area contributed by atoms with Crippen molar-refractivity contribution in [3.63, 3.8) is 0 Å². The quantitative estimate of drug-likeness (QED) is 0.638. The molecule has 4 nitrogen and oxygen atoms in total. The molecule has 1 saturated heterocycles. The minimum atomic E-state index is -0.0278. The van der Waals surface area contributed by atoms with Gasteiger partial charge in [0.05, 0.1) is 13.2 Å². The Labute approximate surface area is 78.6 Å². The zero-order valence-corrected chi connectivity index (χ0v) is 8.19. The van der Waals surface area contributed by atoms with Crippen LogP contribution in [0.3, 0.4) is 0 Å². The van der Waals surface area contributed by atoms with Crippen molar-refractivity contribution in [2.75, 3.05) is 20.7 Å². The van der Waals surface area contributed by atoms with Gasteiger partial charge in [-0.15, -0.1) is 12.4 Å². The van der Waals surface area contributed by atoms with Gasteiger partial charge in [-0.1, -0.05) is 0 Å². The number of nitrogens with zero attached hydrogens (tertiary/aromatic N) is 1. The summed E-state index contributed by atoms with van der Waals surface area (Å²) in [6, 6.07) is -0.0278. The van der Waals surface area contributed by atoms with Crippen LogP contribution in [-0.4, -0.2) is 37.7 Å². The number of nitrogens with one attached hydrogen (secondary N) is 1. The van der Waals surface area contributed by atoms with Crippen LogP contribution in [0.1, 0.15) is 12.8 Å². The van der Waals surface area contributed by atoms with E-state index in [1.807, 2.05) is 0 Å². The second-order valence-corrected chi connectivity index (χ2v) is 2.67. The third-order valence-corrected chi connectivity index (χ3v) is 1.94. The van der Waals surface area contributed by atoms with Gasteiger partial charge in [0.1, 0.15) is 0 Å². The maximum Gasteiger partial charge on any atom is 0.262 e. The summed E-state index contributed by atoms with van der Waals surface area (Å²) in [5, 5.41) is 4.37. The van der Waals surface area contributed by atoms with Crippen LogP contribution in [0.25, 0.3) is 0 Å². The molecule has 0 saturated carbocycles. The van der Waals surface area contributed by atoms with Crippen LogP contribution in [0.4, 0.5) is 0 Å². The summed E-state index contributed by atoms with van der Waals surface area (Å²) < 4.78 is 0. The average molecular weight is 195 g/mol. The van der Waals surface area contributed by atoms with E-state index in [1.54, 1.807) is 7.05 Å². The van der Waals surface area contributed by atoms with E-state index in [2.05, 4.69) is 5.32 Å². The van der Waals surface area contributed by atoms with Crippen LogP contribution in [0.15, 0.2) is 0 Å². The summed E-state index contributed by atoms with van der Waals surface area (Å²) in [5.74, 6) is 0.0185. The highest BCUT2D eigenvalue weighted by Gasteiger charge is 2.24. The lowest BCUT2D eigenvalue weighted by Crippen LogP contribution is -2.40. The molecule has 0 aromatic rings. The van der Waals surface area contributed by atoms with Crippen LogP contribution >= 0.6 is 12.4 Å². The molecule has 5 heteroatoms. The zero-order valence-electron chi connectivity index (χ0n) is 7.37. The molecular weight excluding hydrogens is 180 g/mol. The molecule has 1 unspecified atom stereocenters. The van der Waals surface area contributed by atoms with Crippen molar-refractivity contribution in [1.29, 1.82) is 0 Å². The molecule has 72 valence electrons. The van der Waals surface area contributed by atoms with Gasteiger partial charge >= 0.3 is 0 Å². The van der Waals surface area contributed by atoms with Gasteiger partial charge in [0.25, 0.3) is 5.91 Å². The van der Waals surface area contributed by atoms with Crippen LogP contribution in [-0.2, 0) is 9.63 Å². The molecule has 1 atom stereocenters. The van der Waals surface area contributed by atoms with Gasteiger partial charge in [-0.2, -0.15) is 0 Å². The monoisotopic (exact) mass is 194 g/mol. The first kappa shape index (κ1) is 11.7. The molecule has 1 fully saturated rings. The second-order valence-electron chi connectivity index (χ2n) is 2.67. The Kier molecular flexibility index (Phi) is 5.20. The Morgan fingerprint density at radius 3 is 2.75 bits per heavy atom. The van der Waals surface area contributed by atoms with Gasteiger partial charge in [-0.05, 0) is 19.4 Å². The van der Waals surface area contributed by atoms with Crippen LogP contribution < -0.4 is 5.32 Å². The van der Waals surface area contributed by atoms with E-state index in [9.17, 15) is 4.79 Å². The van der Waals surface area contributed by atoms with Crippen molar-refractivity contribution in [2.24, 2.45) is 0 Å². The summed E-state index contributed by atoms with van der Waals surface area (Å²) >= 11 is 0. The number of amides is 1. The number of likely N-dealkylation sites (N-methyl/N-ethyl adjacent to an activating group) is 1. The van der Waals surface area contributed by atoms with Gasteiger partial charge in [0, 0.05) is 7.05 Å². The number of rotatable bonds is 2. The summed E-state index contributed by atoms with van der Waals surface area (Å²) in [6.07, 6.45) is 2.00. The average Bonchev–Trinajstić information content (AvgIpc) is 2.53. The molecule has 1 amide bonds. The number of hydrogen-bond acceptors (Lipinski definition) is 3. The summed E-state index contributed by atoms with van der Waals surface area (Å²) in [7, 11) is 3.12. The van der Waals surface area contributed by atoms with E-state index in [0.29, 0.717) is 0 Å². The first-order chi connectivity index (χ1) is 5.25. The lowest BCUT2D eigenvalue weighted by atomic mass is 10.2. The fraction of sp³-hybridized carbons (Fsp3) is 0.857. The fourth-order valence-electron chi connectivity index (χ4n) is 1.20. The van der Waals surface area contributed by atoms with Gasteiger partial charge in [-0.3, -0.25) is 9.63 Å². The Balaban J connectivity index is 0.00000121. The number of carbonyl (C=O) groups excluding carboxylic acids is 1. The molecule has 1 heterocycles. The smallest absolute Gasteiger partial charge is 0.262 e. The first-order valence-corrected chi connectivity index (χ1v) is 3.80. The third kappa shape index (κ3) is 2.62. The van der Waals surface area contributed by atoms with Gasteiger partial charge in [0.2, 0.25) is 0 Å². The maximum atomic E-state index is 11.3. The van der Waals surface area contributed by atoms with E-state index >= 15 is 0 Å². The number of halogens is 1. The van der Waals surface area contributed by atoms with Gasteiger partial charge in [-0.25, -0.2) is 5.06 Å². The van der Waals surface area contributed by atoms with Crippen LogP contribution in [0.5, 0.6) is 0 Å². The normalized spacial score (nSPS) is 21.7. The van der Waals surface area contributed by atoms with E-state index in [-0.39, 0.29) is 24.4 Å². The molecular formula is C7H15ClN2O2. The summed E-state index contributed by atoms with van der Waals surface area (Å²) in [6.45, 7) is 0.938. The molecule has 0 aromatic carbocycles. The van der Waals surface area contributed by atoms with Crippen molar-refractivity contribution in [3.8, 4) is 0 Å².